The summed E-state index contributed by atoms with van der Waals surface area (Å²) < 4.78 is 19.0. The van der Waals surface area contributed by atoms with Gasteiger partial charge in [0.05, 0.1) is 15.3 Å². The fraction of sp³-hybridized carbons (Fsp3) is 0.0769. The number of nitro groups is 1. The van der Waals surface area contributed by atoms with Crippen LogP contribution in [0.25, 0.3) is 0 Å². The first-order valence-electron chi connectivity index (χ1n) is 5.47. The Hall–Kier alpha value is -1.66. The van der Waals surface area contributed by atoms with E-state index in [1.54, 1.807) is 0 Å². The molecule has 0 N–H and O–H groups in total. The predicted octanol–water partition coefficient (Wildman–Crippen LogP) is 5.03. The number of hydrogen-bond donors (Lipinski definition) is 0. The molecule has 20 heavy (non-hydrogen) atoms. The largest absolute Gasteiger partial charge is 0.457 e. The number of rotatable bonds is 4. The van der Waals surface area contributed by atoms with E-state index < -0.39 is 10.7 Å². The molecule has 0 aliphatic heterocycles. The van der Waals surface area contributed by atoms with Crippen molar-refractivity contribution in [1.29, 1.82) is 0 Å². The predicted molar refractivity (Wildman–Crippen MR) is 76.8 cm³/mol. The molecular formula is C13H8BrClFNO3. The minimum atomic E-state index is -0.506. The standard InChI is InChI=1S/C13H8BrClFNO3/c14-11-6-10(2-3-12(11)16)20-13-4-1-9(17(18)19)5-8(13)7-15/h1-6H,7H2. The SMILES string of the molecule is O=[N+]([O-])c1ccc(Oc2ccc(F)c(Br)c2)c(CCl)c1. The average Bonchev–Trinajstić information content (AvgIpc) is 2.43. The van der Waals surface area contributed by atoms with Crippen LogP contribution in [0.5, 0.6) is 11.5 Å². The van der Waals surface area contributed by atoms with Gasteiger partial charge in [0.25, 0.3) is 5.69 Å². The molecule has 0 aliphatic rings. The highest BCUT2D eigenvalue weighted by Crippen LogP contribution is 2.31. The van der Waals surface area contributed by atoms with Crippen molar-refractivity contribution < 1.29 is 14.1 Å². The van der Waals surface area contributed by atoms with Gasteiger partial charge in [0.2, 0.25) is 0 Å². The lowest BCUT2D eigenvalue weighted by Gasteiger charge is -2.10. The van der Waals surface area contributed by atoms with E-state index in [9.17, 15) is 14.5 Å². The van der Waals surface area contributed by atoms with Crippen LogP contribution < -0.4 is 4.74 Å². The normalized spacial score (nSPS) is 10.3. The third-order valence-corrected chi connectivity index (χ3v) is 3.41. The van der Waals surface area contributed by atoms with Crippen molar-refractivity contribution in [2.75, 3.05) is 0 Å². The molecule has 0 amide bonds. The van der Waals surface area contributed by atoms with E-state index in [0.29, 0.717) is 17.1 Å². The summed E-state index contributed by atoms with van der Waals surface area (Å²) in [6.07, 6.45) is 0. The zero-order chi connectivity index (χ0) is 14.7. The Bertz CT molecular complexity index is 666. The lowest BCUT2D eigenvalue weighted by Crippen LogP contribution is -1.94. The first kappa shape index (κ1) is 14.7. The van der Waals surface area contributed by atoms with Crippen molar-refractivity contribution in [1.82, 2.24) is 0 Å². The van der Waals surface area contributed by atoms with Crippen LogP contribution in [-0.2, 0) is 5.88 Å². The summed E-state index contributed by atoms with van der Waals surface area (Å²) >= 11 is 8.81. The maximum atomic E-state index is 13.1. The molecule has 0 aromatic heterocycles. The van der Waals surface area contributed by atoms with Gasteiger partial charge in [-0.25, -0.2) is 4.39 Å². The van der Waals surface area contributed by atoms with Crippen LogP contribution in [0.1, 0.15) is 5.56 Å². The van der Waals surface area contributed by atoms with E-state index in [1.165, 1.54) is 36.4 Å². The van der Waals surface area contributed by atoms with Gasteiger partial charge in [0.15, 0.2) is 0 Å². The average molecular weight is 361 g/mol. The Morgan fingerprint density at radius 2 is 2.05 bits per heavy atom. The van der Waals surface area contributed by atoms with Crippen molar-refractivity contribution in [2.45, 2.75) is 5.88 Å². The van der Waals surface area contributed by atoms with E-state index in [2.05, 4.69) is 15.9 Å². The number of alkyl halides is 1. The molecule has 2 aromatic carbocycles. The molecule has 2 aromatic rings. The Morgan fingerprint density at radius 1 is 1.30 bits per heavy atom. The molecular weight excluding hydrogens is 353 g/mol. The number of nitro benzene ring substituents is 1. The maximum absolute atomic E-state index is 13.1. The molecule has 0 spiro atoms. The van der Waals surface area contributed by atoms with Gasteiger partial charge in [-0.3, -0.25) is 10.1 Å². The highest BCUT2D eigenvalue weighted by molar-refractivity contribution is 9.10. The summed E-state index contributed by atoms with van der Waals surface area (Å²) in [6, 6.07) is 8.32. The minimum absolute atomic E-state index is 0.0618. The number of hydrogen-bond acceptors (Lipinski definition) is 3. The third-order valence-electron chi connectivity index (χ3n) is 2.52. The third kappa shape index (κ3) is 3.26. The number of ether oxygens (including phenoxy) is 1. The quantitative estimate of drug-likeness (QED) is 0.436. The maximum Gasteiger partial charge on any atom is 0.270 e. The lowest BCUT2D eigenvalue weighted by molar-refractivity contribution is -0.384. The van der Waals surface area contributed by atoms with E-state index in [4.69, 9.17) is 16.3 Å². The van der Waals surface area contributed by atoms with E-state index in [-0.39, 0.29) is 16.0 Å². The number of benzene rings is 2. The second-order valence-corrected chi connectivity index (χ2v) is 4.98. The highest BCUT2D eigenvalue weighted by atomic mass is 79.9. The van der Waals surface area contributed by atoms with Crippen molar-refractivity contribution in [3.05, 3.63) is 62.4 Å². The molecule has 0 atom stereocenters. The highest BCUT2D eigenvalue weighted by Gasteiger charge is 2.12. The molecule has 2 rings (SSSR count). The molecule has 104 valence electrons. The molecule has 0 radical (unpaired) electrons. The Morgan fingerprint density at radius 3 is 2.65 bits per heavy atom. The van der Waals surface area contributed by atoms with Gasteiger partial charge >= 0.3 is 0 Å². The topological polar surface area (TPSA) is 52.4 Å². The molecule has 7 heteroatoms. The summed E-state index contributed by atoms with van der Waals surface area (Å²) in [7, 11) is 0. The Labute approximate surface area is 127 Å². The van der Waals surface area contributed by atoms with Crippen LogP contribution in [0.15, 0.2) is 40.9 Å². The van der Waals surface area contributed by atoms with Gasteiger partial charge in [-0.15, -0.1) is 11.6 Å². The summed E-state index contributed by atoms with van der Waals surface area (Å²) in [5.74, 6) is 0.459. The second-order valence-electron chi connectivity index (χ2n) is 3.86. The van der Waals surface area contributed by atoms with Crippen molar-refractivity contribution in [3.63, 3.8) is 0 Å². The fourth-order valence-electron chi connectivity index (χ4n) is 1.55. The van der Waals surface area contributed by atoms with Gasteiger partial charge in [0.1, 0.15) is 17.3 Å². The van der Waals surface area contributed by atoms with E-state index >= 15 is 0 Å². The van der Waals surface area contributed by atoms with Gasteiger partial charge in [-0.2, -0.15) is 0 Å². The van der Waals surface area contributed by atoms with Crippen LogP contribution in [0.3, 0.4) is 0 Å². The summed E-state index contributed by atoms with van der Waals surface area (Å²) in [6.45, 7) is 0. The van der Waals surface area contributed by atoms with Crippen molar-refractivity contribution in [2.24, 2.45) is 0 Å². The van der Waals surface area contributed by atoms with Crippen LogP contribution in [0.4, 0.5) is 10.1 Å². The van der Waals surface area contributed by atoms with Crippen LogP contribution in [-0.4, -0.2) is 4.92 Å². The molecule has 0 aliphatic carbocycles. The molecule has 0 saturated heterocycles. The second kappa shape index (κ2) is 6.19. The smallest absolute Gasteiger partial charge is 0.270 e. The van der Waals surface area contributed by atoms with Gasteiger partial charge in [-0.1, -0.05) is 0 Å². The fourth-order valence-corrected chi connectivity index (χ4v) is 2.12. The van der Waals surface area contributed by atoms with E-state index in [0.717, 1.165) is 0 Å². The molecule has 0 heterocycles. The van der Waals surface area contributed by atoms with Crippen LogP contribution in [0.2, 0.25) is 0 Å². The monoisotopic (exact) mass is 359 g/mol. The summed E-state index contributed by atoms with van der Waals surface area (Å²) in [5.41, 5.74) is 0.426. The van der Waals surface area contributed by atoms with Crippen molar-refractivity contribution >= 4 is 33.2 Å². The summed E-state index contributed by atoms with van der Waals surface area (Å²) in [5, 5.41) is 10.7. The molecule has 0 saturated carbocycles. The van der Waals surface area contributed by atoms with Crippen LogP contribution >= 0.6 is 27.5 Å². The number of non-ortho nitro benzene ring substituents is 1. The van der Waals surface area contributed by atoms with Crippen molar-refractivity contribution in [3.8, 4) is 11.5 Å². The first-order chi connectivity index (χ1) is 9.51. The number of nitrogens with zero attached hydrogens (tertiary/aromatic N) is 1. The lowest BCUT2D eigenvalue weighted by atomic mass is 10.2. The Balaban J connectivity index is 2.32. The Kier molecular flexibility index (Phi) is 4.57. The van der Waals surface area contributed by atoms with Crippen LogP contribution in [0, 0.1) is 15.9 Å². The molecule has 0 unspecified atom stereocenters. The number of halogens is 3. The molecule has 0 bridgehead atoms. The van der Waals surface area contributed by atoms with Gasteiger partial charge < -0.3 is 4.74 Å². The summed E-state index contributed by atoms with van der Waals surface area (Å²) in [4.78, 5) is 10.2. The van der Waals surface area contributed by atoms with E-state index in [1.807, 2.05) is 0 Å². The van der Waals surface area contributed by atoms with Gasteiger partial charge in [0, 0.05) is 17.7 Å². The minimum Gasteiger partial charge on any atom is -0.457 e. The first-order valence-corrected chi connectivity index (χ1v) is 6.80. The zero-order valence-electron chi connectivity index (χ0n) is 9.98. The molecule has 0 fully saturated rings. The molecule has 4 nitrogen and oxygen atoms in total. The van der Waals surface area contributed by atoms with Gasteiger partial charge in [-0.05, 0) is 40.2 Å². The zero-order valence-corrected chi connectivity index (χ0v) is 12.3.